The van der Waals surface area contributed by atoms with E-state index in [1.807, 2.05) is 37.3 Å². The number of carbonyl (C=O) groups excluding carboxylic acids is 2. The normalized spacial score (nSPS) is 11.0. The Morgan fingerprint density at radius 1 is 1.04 bits per heavy atom. The zero-order valence-electron chi connectivity index (χ0n) is 13.8. The summed E-state index contributed by atoms with van der Waals surface area (Å²) in [6.07, 6.45) is -0.535. The molecule has 0 aliphatic carbocycles. The van der Waals surface area contributed by atoms with Crippen LogP contribution in [0.25, 0.3) is 0 Å². The molecular formula is C19H21NO3. The van der Waals surface area contributed by atoms with Crippen molar-refractivity contribution in [2.24, 2.45) is 0 Å². The SMILES string of the molecule is CC(=O)c1cccc(C(C)(C)OC(=O)Nc2ccc(C)cc2)c1. The molecule has 0 spiro atoms. The molecule has 1 amide bonds. The lowest BCUT2D eigenvalue weighted by molar-refractivity contribution is 0.0466. The first-order chi connectivity index (χ1) is 10.8. The number of benzene rings is 2. The Morgan fingerprint density at radius 3 is 2.30 bits per heavy atom. The van der Waals surface area contributed by atoms with Gasteiger partial charge in [0.2, 0.25) is 0 Å². The number of carbonyl (C=O) groups is 2. The van der Waals surface area contributed by atoms with Crippen LogP contribution < -0.4 is 5.32 Å². The summed E-state index contributed by atoms with van der Waals surface area (Å²) in [5.41, 5.74) is 2.31. The number of Topliss-reactive ketones (excluding diaryl/α,β-unsaturated/α-hetero) is 1. The highest BCUT2D eigenvalue weighted by molar-refractivity contribution is 5.94. The van der Waals surface area contributed by atoms with E-state index in [1.54, 1.807) is 32.0 Å². The van der Waals surface area contributed by atoms with E-state index in [-0.39, 0.29) is 5.78 Å². The number of anilines is 1. The molecule has 0 aliphatic heterocycles. The molecule has 2 rings (SSSR count). The van der Waals surface area contributed by atoms with Crippen molar-refractivity contribution in [2.45, 2.75) is 33.3 Å². The lowest BCUT2D eigenvalue weighted by Crippen LogP contribution is -2.28. The van der Waals surface area contributed by atoms with Gasteiger partial charge in [-0.25, -0.2) is 4.79 Å². The molecule has 0 aromatic heterocycles. The van der Waals surface area contributed by atoms with Crippen LogP contribution in [0, 0.1) is 6.92 Å². The fraction of sp³-hybridized carbons (Fsp3) is 0.263. The number of amides is 1. The largest absolute Gasteiger partial charge is 0.438 e. The Labute approximate surface area is 136 Å². The summed E-state index contributed by atoms with van der Waals surface area (Å²) in [5.74, 6) is -0.0215. The Morgan fingerprint density at radius 2 is 1.70 bits per heavy atom. The molecule has 0 radical (unpaired) electrons. The third-order valence-corrected chi connectivity index (χ3v) is 3.61. The highest BCUT2D eigenvalue weighted by Gasteiger charge is 2.26. The molecule has 2 aromatic carbocycles. The quantitative estimate of drug-likeness (QED) is 0.834. The second-order valence-corrected chi connectivity index (χ2v) is 6.03. The maximum atomic E-state index is 12.1. The minimum atomic E-state index is -0.847. The van der Waals surface area contributed by atoms with Gasteiger partial charge in [0.05, 0.1) is 0 Å². The first-order valence-corrected chi connectivity index (χ1v) is 7.46. The van der Waals surface area contributed by atoms with Crippen molar-refractivity contribution in [3.05, 3.63) is 65.2 Å². The molecule has 0 aliphatic rings. The molecule has 0 saturated carbocycles. The van der Waals surface area contributed by atoms with Crippen LogP contribution >= 0.6 is 0 Å². The Bertz CT molecular complexity index is 718. The van der Waals surface area contributed by atoms with Crippen molar-refractivity contribution in [1.82, 2.24) is 0 Å². The smallest absolute Gasteiger partial charge is 0.412 e. The molecule has 4 heteroatoms. The highest BCUT2D eigenvalue weighted by atomic mass is 16.6. The molecule has 2 aromatic rings. The maximum absolute atomic E-state index is 12.1. The van der Waals surface area contributed by atoms with Gasteiger partial charge in [0, 0.05) is 11.3 Å². The second-order valence-electron chi connectivity index (χ2n) is 6.03. The summed E-state index contributed by atoms with van der Waals surface area (Å²) in [4.78, 5) is 23.6. The number of hydrogen-bond donors (Lipinski definition) is 1. The topological polar surface area (TPSA) is 55.4 Å². The van der Waals surface area contributed by atoms with Crippen molar-refractivity contribution in [2.75, 3.05) is 5.32 Å². The van der Waals surface area contributed by atoms with E-state index in [0.717, 1.165) is 11.1 Å². The summed E-state index contributed by atoms with van der Waals surface area (Å²) in [6.45, 7) is 7.08. The molecule has 0 bridgehead atoms. The summed E-state index contributed by atoms with van der Waals surface area (Å²) in [7, 11) is 0. The van der Waals surface area contributed by atoms with Gasteiger partial charge in [-0.15, -0.1) is 0 Å². The molecule has 0 fully saturated rings. The minimum Gasteiger partial charge on any atom is -0.438 e. The van der Waals surface area contributed by atoms with Gasteiger partial charge in [-0.05, 0) is 51.5 Å². The van der Waals surface area contributed by atoms with Crippen LogP contribution in [0.3, 0.4) is 0 Å². The summed E-state index contributed by atoms with van der Waals surface area (Å²) in [5, 5.41) is 2.70. The van der Waals surface area contributed by atoms with Crippen LogP contribution in [-0.2, 0) is 10.3 Å². The average molecular weight is 311 g/mol. The summed E-state index contributed by atoms with van der Waals surface area (Å²) >= 11 is 0. The predicted molar refractivity (Wildman–Crippen MR) is 90.8 cm³/mol. The molecule has 120 valence electrons. The molecule has 4 nitrogen and oxygen atoms in total. The van der Waals surface area contributed by atoms with Gasteiger partial charge in [-0.1, -0.05) is 35.9 Å². The Hall–Kier alpha value is -2.62. The lowest BCUT2D eigenvalue weighted by Gasteiger charge is -2.26. The van der Waals surface area contributed by atoms with Crippen LogP contribution in [0.4, 0.5) is 10.5 Å². The molecule has 0 saturated heterocycles. The van der Waals surface area contributed by atoms with Gasteiger partial charge < -0.3 is 4.74 Å². The summed E-state index contributed by atoms with van der Waals surface area (Å²) in [6, 6.07) is 14.6. The fourth-order valence-electron chi connectivity index (χ4n) is 2.18. The highest BCUT2D eigenvalue weighted by Crippen LogP contribution is 2.26. The molecule has 0 atom stereocenters. The number of nitrogens with one attached hydrogen (secondary N) is 1. The molecule has 23 heavy (non-hydrogen) atoms. The molecular weight excluding hydrogens is 290 g/mol. The number of hydrogen-bond acceptors (Lipinski definition) is 3. The second kappa shape index (κ2) is 6.65. The van der Waals surface area contributed by atoms with Gasteiger partial charge in [0.25, 0.3) is 0 Å². The molecule has 1 N–H and O–H groups in total. The van der Waals surface area contributed by atoms with E-state index in [4.69, 9.17) is 4.74 Å². The lowest BCUT2D eigenvalue weighted by atomic mass is 9.95. The maximum Gasteiger partial charge on any atom is 0.412 e. The fourth-order valence-corrected chi connectivity index (χ4v) is 2.18. The van der Waals surface area contributed by atoms with Gasteiger partial charge in [-0.3, -0.25) is 10.1 Å². The number of rotatable bonds is 4. The first kappa shape index (κ1) is 16.7. The Balaban J connectivity index is 2.10. The monoisotopic (exact) mass is 311 g/mol. The zero-order chi connectivity index (χ0) is 17.0. The van der Waals surface area contributed by atoms with E-state index in [0.29, 0.717) is 11.3 Å². The third kappa shape index (κ3) is 4.42. The van der Waals surface area contributed by atoms with Crippen LogP contribution in [0.5, 0.6) is 0 Å². The Kier molecular flexibility index (Phi) is 4.84. The van der Waals surface area contributed by atoms with Crippen LogP contribution in [0.1, 0.15) is 42.3 Å². The molecule has 0 heterocycles. The van der Waals surface area contributed by atoms with E-state index >= 15 is 0 Å². The van der Waals surface area contributed by atoms with E-state index < -0.39 is 11.7 Å². The predicted octanol–water partition coefficient (Wildman–Crippen LogP) is 4.68. The van der Waals surface area contributed by atoms with Crippen LogP contribution in [0.15, 0.2) is 48.5 Å². The number of aryl methyl sites for hydroxylation is 1. The van der Waals surface area contributed by atoms with Crippen molar-refractivity contribution in [3.8, 4) is 0 Å². The van der Waals surface area contributed by atoms with Crippen LogP contribution in [0.2, 0.25) is 0 Å². The van der Waals surface area contributed by atoms with Gasteiger partial charge >= 0.3 is 6.09 Å². The number of ether oxygens (including phenoxy) is 1. The van der Waals surface area contributed by atoms with Crippen LogP contribution in [-0.4, -0.2) is 11.9 Å². The van der Waals surface area contributed by atoms with Crippen molar-refractivity contribution in [3.63, 3.8) is 0 Å². The van der Waals surface area contributed by atoms with Crippen molar-refractivity contribution >= 4 is 17.6 Å². The van der Waals surface area contributed by atoms with Crippen molar-refractivity contribution < 1.29 is 14.3 Å². The van der Waals surface area contributed by atoms with Crippen molar-refractivity contribution in [1.29, 1.82) is 0 Å². The van der Waals surface area contributed by atoms with E-state index in [9.17, 15) is 9.59 Å². The van der Waals surface area contributed by atoms with Gasteiger partial charge in [-0.2, -0.15) is 0 Å². The van der Waals surface area contributed by atoms with E-state index in [1.165, 1.54) is 6.92 Å². The average Bonchev–Trinajstić information content (AvgIpc) is 2.49. The van der Waals surface area contributed by atoms with E-state index in [2.05, 4.69) is 5.32 Å². The minimum absolute atomic E-state index is 0.0215. The first-order valence-electron chi connectivity index (χ1n) is 7.46. The van der Waals surface area contributed by atoms with Gasteiger partial charge in [0.15, 0.2) is 5.78 Å². The van der Waals surface area contributed by atoms with Gasteiger partial charge in [0.1, 0.15) is 5.60 Å². The molecule has 0 unspecified atom stereocenters. The summed E-state index contributed by atoms with van der Waals surface area (Å²) < 4.78 is 5.53. The standard InChI is InChI=1S/C19H21NO3/c1-13-8-10-17(11-9-13)20-18(22)23-19(3,4)16-7-5-6-15(12-16)14(2)21/h5-12H,1-4H3,(H,20,22). The number of ketones is 1. The zero-order valence-corrected chi connectivity index (χ0v) is 13.8. The third-order valence-electron chi connectivity index (χ3n) is 3.61.